The van der Waals surface area contributed by atoms with E-state index in [0.717, 1.165) is 10.9 Å². The predicted octanol–water partition coefficient (Wildman–Crippen LogP) is 4.74. The third-order valence-electron chi connectivity index (χ3n) is 3.74. The molecule has 0 aliphatic heterocycles. The first-order valence-electron chi connectivity index (χ1n) is 7.33. The monoisotopic (exact) mass is 301 g/mol. The molecular formula is C18H24NOP. The van der Waals surface area contributed by atoms with Crippen LogP contribution in [0.1, 0.15) is 39.3 Å². The van der Waals surface area contributed by atoms with Gasteiger partial charge in [0, 0.05) is 16.5 Å². The Bertz CT molecular complexity index is 617. The Morgan fingerprint density at radius 3 is 1.86 bits per heavy atom. The van der Waals surface area contributed by atoms with E-state index in [4.69, 9.17) is 0 Å². The fourth-order valence-electron chi connectivity index (χ4n) is 2.38. The molecule has 0 fully saturated rings. The van der Waals surface area contributed by atoms with Crippen LogP contribution in [-0.4, -0.2) is 5.16 Å². The van der Waals surface area contributed by atoms with Gasteiger partial charge in [0.1, 0.15) is 0 Å². The number of nitrogens with one attached hydrogen (secondary N) is 1. The average Bonchev–Trinajstić information content (AvgIpc) is 2.47. The zero-order chi connectivity index (χ0) is 15.5. The average molecular weight is 301 g/mol. The number of rotatable bonds is 4. The van der Waals surface area contributed by atoms with Gasteiger partial charge in [-0.1, -0.05) is 81.4 Å². The van der Waals surface area contributed by atoms with Gasteiger partial charge < -0.3 is 4.57 Å². The number of hydrogen-bond acceptors (Lipinski definition) is 1. The molecule has 21 heavy (non-hydrogen) atoms. The van der Waals surface area contributed by atoms with Crippen molar-refractivity contribution >= 4 is 12.6 Å². The molecule has 0 amide bonds. The second-order valence-electron chi connectivity index (χ2n) is 6.38. The van der Waals surface area contributed by atoms with Crippen LogP contribution in [-0.2, 0) is 4.57 Å². The van der Waals surface area contributed by atoms with Crippen molar-refractivity contribution in [2.75, 3.05) is 0 Å². The largest absolute Gasteiger partial charge is 0.301 e. The van der Waals surface area contributed by atoms with Gasteiger partial charge in [0.2, 0.25) is 0 Å². The highest BCUT2D eigenvalue weighted by atomic mass is 31.2. The van der Waals surface area contributed by atoms with Gasteiger partial charge in [-0.05, 0) is 12.5 Å². The van der Waals surface area contributed by atoms with Crippen LogP contribution in [0.2, 0.25) is 0 Å². The number of hydrogen-bond donors (Lipinski definition) is 1. The third kappa shape index (κ3) is 3.45. The van der Waals surface area contributed by atoms with E-state index in [2.05, 4.69) is 24.1 Å². The Morgan fingerprint density at radius 1 is 0.905 bits per heavy atom. The zero-order valence-electron chi connectivity index (χ0n) is 13.2. The summed E-state index contributed by atoms with van der Waals surface area (Å²) >= 11 is 0. The van der Waals surface area contributed by atoms with E-state index in [0.29, 0.717) is 0 Å². The molecule has 3 heteroatoms. The lowest BCUT2D eigenvalue weighted by Gasteiger charge is -2.34. The van der Waals surface area contributed by atoms with E-state index in [1.165, 1.54) is 0 Å². The van der Waals surface area contributed by atoms with Crippen LogP contribution in [0.15, 0.2) is 60.7 Å². The molecule has 0 heterocycles. The first kappa shape index (κ1) is 16.0. The topological polar surface area (TPSA) is 29.1 Å². The summed E-state index contributed by atoms with van der Waals surface area (Å²) in [4.78, 5) is 0. The van der Waals surface area contributed by atoms with Gasteiger partial charge in [-0.2, -0.15) is 0 Å². The van der Waals surface area contributed by atoms with Crippen LogP contribution in [0.4, 0.5) is 0 Å². The molecule has 0 aliphatic carbocycles. The Labute approximate surface area is 128 Å². The molecule has 0 aliphatic rings. The third-order valence-corrected chi connectivity index (χ3v) is 7.41. The molecule has 0 unspecified atom stereocenters. The normalized spacial score (nSPS) is 16.2. The molecule has 2 rings (SSSR count). The molecule has 2 aromatic rings. The SMILES string of the molecule is C[C@@H](N[P@](=O)(c1ccccc1)C(C)(C)C)c1ccccc1. The van der Waals surface area contributed by atoms with E-state index < -0.39 is 7.29 Å². The predicted molar refractivity (Wildman–Crippen MR) is 91.4 cm³/mol. The van der Waals surface area contributed by atoms with Crippen molar-refractivity contribution in [1.29, 1.82) is 0 Å². The Kier molecular flexibility index (Phi) is 4.70. The lowest BCUT2D eigenvalue weighted by Crippen LogP contribution is -2.34. The van der Waals surface area contributed by atoms with Crippen molar-refractivity contribution in [2.45, 2.75) is 38.9 Å². The lowest BCUT2D eigenvalue weighted by molar-refractivity contribution is 0.533. The minimum absolute atomic E-state index is 0.0384. The van der Waals surface area contributed by atoms with E-state index >= 15 is 0 Å². The summed E-state index contributed by atoms with van der Waals surface area (Å²) in [5, 5.41) is 3.97. The first-order chi connectivity index (χ1) is 9.84. The van der Waals surface area contributed by atoms with Crippen molar-refractivity contribution in [2.24, 2.45) is 0 Å². The maximum atomic E-state index is 13.7. The highest BCUT2D eigenvalue weighted by molar-refractivity contribution is 7.71. The summed E-state index contributed by atoms with van der Waals surface area (Å²) in [6.07, 6.45) is 0. The summed E-state index contributed by atoms with van der Waals surface area (Å²) < 4.78 is 13.7. The molecule has 0 saturated carbocycles. The Balaban J connectivity index is 2.37. The molecule has 0 radical (unpaired) electrons. The summed E-state index contributed by atoms with van der Waals surface area (Å²) in [6.45, 7) is 8.17. The van der Waals surface area contributed by atoms with Gasteiger partial charge in [0.05, 0.1) is 0 Å². The molecule has 2 atom stereocenters. The molecule has 112 valence electrons. The molecular weight excluding hydrogens is 277 g/mol. The number of benzene rings is 2. The van der Waals surface area contributed by atoms with Crippen LogP contribution < -0.4 is 10.4 Å². The second kappa shape index (κ2) is 6.17. The van der Waals surface area contributed by atoms with E-state index in [9.17, 15) is 4.57 Å². The maximum absolute atomic E-state index is 13.7. The Morgan fingerprint density at radius 2 is 1.38 bits per heavy atom. The minimum Gasteiger partial charge on any atom is -0.301 e. The van der Waals surface area contributed by atoms with E-state index in [-0.39, 0.29) is 11.2 Å². The molecule has 0 aromatic heterocycles. The van der Waals surface area contributed by atoms with Crippen LogP contribution in [0, 0.1) is 0 Å². The van der Waals surface area contributed by atoms with Crippen molar-refractivity contribution in [3.8, 4) is 0 Å². The summed E-state index contributed by atoms with van der Waals surface area (Å²) in [7, 11) is -2.73. The van der Waals surface area contributed by atoms with Crippen molar-refractivity contribution < 1.29 is 4.57 Å². The highest BCUT2D eigenvalue weighted by Crippen LogP contribution is 2.54. The van der Waals surface area contributed by atoms with Crippen molar-refractivity contribution in [1.82, 2.24) is 5.09 Å². The van der Waals surface area contributed by atoms with Gasteiger partial charge >= 0.3 is 0 Å². The van der Waals surface area contributed by atoms with Gasteiger partial charge in [0.15, 0.2) is 7.29 Å². The van der Waals surface area contributed by atoms with Gasteiger partial charge in [-0.15, -0.1) is 0 Å². The summed E-state index contributed by atoms with van der Waals surface area (Å²) in [5.41, 5.74) is 1.15. The van der Waals surface area contributed by atoms with Gasteiger partial charge in [-0.25, -0.2) is 0 Å². The maximum Gasteiger partial charge on any atom is 0.181 e. The quantitative estimate of drug-likeness (QED) is 0.826. The fraction of sp³-hybridized carbons (Fsp3) is 0.333. The first-order valence-corrected chi connectivity index (χ1v) is 9.04. The van der Waals surface area contributed by atoms with Crippen LogP contribution >= 0.6 is 7.29 Å². The van der Waals surface area contributed by atoms with Crippen LogP contribution in [0.25, 0.3) is 0 Å². The van der Waals surface area contributed by atoms with Crippen LogP contribution in [0.5, 0.6) is 0 Å². The summed E-state index contributed by atoms with van der Waals surface area (Å²) in [6, 6.07) is 19.9. The van der Waals surface area contributed by atoms with Crippen molar-refractivity contribution in [3.63, 3.8) is 0 Å². The summed E-state index contributed by atoms with van der Waals surface area (Å²) in [5.74, 6) is 0. The van der Waals surface area contributed by atoms with Gasteiger partial charge in [-0.3, -0.25) is 5.09 Å². The smallest absolute Gasteiger partial charge is 0.181 e. The zero-order valence-corrected chi connectivity index (χ0v) is 14.1. The molecule has 2 nitrogen and oxygen atoms in total. The molecule has 1 N–H and O–H groups in total. The van der Waals surface area contributed by atoms with E-state index in [1.807, 2.05) is 69.3 Å². The van der Waals surface area contributed by atoms with E-state index in [1.54, 1.807) is 0 Å². The fourth-order valence-corrected chi connectivity index (χ4v) is 4.98. The van der Waals surface area contributed by atoms with Crippen LogP contribution in [0.3, 0.4) is 0 Å². The second-order valence-corrected chi connectivity index (χ2v) is 9.71. The highest BCUT2D eigenvalue weighted by Gasteiger charge is 2.39. The standard InChI is InChI=1S/C18H24NOP/c1-15(16-11-7-5-8-12-16)19-21(20,18(2,3)4)17-13-9-6-10-14-17/h5-15H,1-4H3,(H,19,20)/t15-,21+/m1/s1. The van der Waals surface area contributed by atoms with Crippen molar-refractivity contribution in [3.05, 3.63) is 66.2 Å². The molecule has 2 aromatic carbocycles. The minimum atomic E-state index is -2.73. The lowest BCUT2D eigenvalue weighted by atomic mass is 10.1. The van der Waals surface area contributed by atoms with Gasteiger partial charge in [0.25, 0.3) is 0 Å². The molecule has 0 bridgehead atoms. The molecule has 0 saturated heterocycles. The molecule has 0 spiro atoms. The Hall–Kier alpha value is -1.37.